The molecule has 4 aliphatic rings. The average Bonchev–Trinajstić information content (AvgIpc) is 2.87. The number of fused-ring (bicyclic) bond motifs is 1. The van der Waals surface area contributed by atoms with E-state index in [1.165, 1.54) is 36.7 Å². The Hall–Kier alpha value is -1.76. The maximum Gasteiger partial charge on any atom is 0.246 e. The molecule has 0 spiro atoms. The van der Waals surface area contributed by atoms with Gasteiger partial charge in [-0.1, -0.05) is 11.3 Å². The topological polar surface area (TPSA) is 46.4 Å². The van der Waals surface area contributed by atoms with Gasteiger partial charge in [0.25, 0.3) is 0 Å². The lowest BCUT2D eigenvalue weighted by molar-refractivity contribution is -0.146. The van der Waals surface area contributed by atoms with E-state index in [0.29, 0.717) is 32.8 Å². The van der Waals surface area contributed by atoms with Crippen LogP contribution in [0, 0.1) is 34.8 Å². The van der Waals surface area contributed by atoms with Crippen molar-refractivity contribution in [2.45, 2.75) is 38.5 Å². The monoisotopic (exact) mass is 377 g/mol. The van der Waals surface area contributed by atoms with Crippen molar-refractivity contribution in [3.63, 3.8) is 0 Å². The van der Waals surface area contributed by atoms with Gasteiger partial charge < -0.3 is 4.57 Å². The van der Waals surface area contributed by atoms with Crippen LogP contribution in [0.5, 0.6) is 0 Å². The standard InChI is InChI=1S/C19H21F2N3OS/c1-24-16-14(21)5-13(20)6-15(16)26-18(24)23-22-17(25)19-7-10-2-11(8-19)4-12(3-10)9-19/h5-6,10-12H,2-4,7-9H2,1H3,(H,22,25)/b23-18-. The molecule has 2 aromatic rings. The highest BCUT2D eigenvalue weighted by molar-refractivity contribution is 7.16. The Morgan fingerprint density at radius 2 is 1.81 bits per heavy atom. The number of aromatic nitrogens is 1. The fourth-order valence-electron chi connectivity index (χ4n) is 5.91. The van der Waals surface area contributed by atoms with Crippen LogP contribution in [0.2, 0.25) is 0 Å². The second kappa shape index (κ2) is 5.62. The van der Waals surface area contributed by atoms with Crippen molar-refractivity contribution in [1.29, 1.82) is 0 Å². The van der Waals surface area contributed by atoms with Crippen LogP contribution < -0.4 is 10.2 Å². The van der Waals surface area contributed by atoms with Crippen LogP contribution in [-0.4, -0.2) is 10.5 Å². The number of hydrogen-bond acceptors (Lipinski definition) is 3. The molecular weight excluding hydrogens is 356 g/mol. The van der Waals surface area contributed by atoms with Gasteiger partial charge in [-0.05, 0) is 62.3 Å². The molecule has 1 aromatic heterocycles. The van der Waals surface area contributed by atoms with Gasteiger partial charge in [0.15, 0.2) is 5.82 Å². The molecule has 4 nitrogen and oxygen atoms in total. The van der Waals surface area contributed by atoms with Crippen LogP contribution in [0.4, 0.5) is 8.78 Å². The second-order valence-electron chi connectivity index (χ2n) is 8.43. The molecule has 4 saturated carbocycles. The number of carbonyl (C=O) groups is 1. The summed E-state index contributed by atoms with van der Waals surface area (Å²) in [7, 11) is 1.68. The van der Waals surface area contributed by atoms with Crippen molar-refractivity contribution in [2.24, 2.45) is 35.3 Å². The van der Waals surface area contributed by atoms with Crippen molar-refractivity contribution in [1.82, 2.24) is 9.99 Å². The number of hydrogen-bond donors (Lipinski definition) is 1. The molecule has 0 unspecified atom stereocenters. The van der Waals surface area contributed by atoms with Crippen LogP contribution in [0.3, 0.4) is 0 Å². The van der Waals surface area contributed by atoms with Crippen LogP contribution >= 0.6 is 11.3 Å². The highest BCUT2D eigenvalue weighted by atomic mass is 32.1. The van der Waals surface area contributed by atoms with E-state index in [2.05, 4.69) is 10.5 Å². The lowest BCUT2D eigenvalue weighted by Gasteiger charge is -2.55. The number of nitrogens with one attached hydrogen (secondary N) is 1. The Balaban J connectivity index is 1.45. The van der Waals surface area contributed by atoms with E-state index in [1.807, 2.05) is 0 Å². The van der Waals surface area contributed by atoms with Gasteiger partial charge in [0.1, 0.15) is 5.82 Å². The van der Waals surface area contributed by atoms with Crippen molar-refractivity contribution < 1.29 is 13.6 Å². The molecule has 7 heteroatoms. The smallest absolute Gasteiger partial charge is 0.246 e. The maximum absolute atomic E-state index is 14.0. The first-order chi connectivity index (χ1) is 12.4. The van der Waals surface area contributed by atoms with Crippen molar-refractivity contribution in [2.75, 3.05) is 0 Å². The number of benzene rings is 1. The number of aryl methyl sites for hydroxylation is 1. The number of carbonyl (C=O) groups excluding carboxylic acids is 1. The number of amides is 1. The van der Waals surface area contributed by atoms with Crippen LogP contribution in [0.15, 0.2) is 17.2 Å². The molecule has 0 aliphatic heterocycles. The molecule has 1 N–H and O–H groups in total. The molecule has 26 heavy (non-hydrogen) atoms. The zero-order chi connectivity index (χ0) is 18.1. The number of rotatable bonds is 2. The van der Waals surface area contributed by atoms with Crippen LogP contribution in [0.1, 0.15) is 38.5 Å². The molecule has 0 radical (unpaired) electrons. The number of thiazole rings is 1. The molecule has 0 saturated heterocycles. The molecule has 1 amide bonds. The van der Waals surface area contributed by atoms with E-state index in [-0.39, 0.29) is 11.3 Å². The highest BCUT2D eigenvalue weighted by Gasteiger charge is 2.54. The minimum Gasteiger partial charge on any atom is -0.316 e. The predicted molar refractivity (Wildman–Crippen MR) is 95.0 cm³/mol. The Bertz CT molecular complexity index is 942. The van der Waals surface area contributed by atoms with Gasteiger partial charge in [-0.25, -0.2) is 14.2 Å². The van der Waals surface area contributed by atoms with Gasteiger partial charge in [0.05, 0.1) is 15.6 Å². The Labute approximate surface area is 153 Å². The van der Waals surface area contributed by atoms with Crippen LogP contribution in [0.25, 0.3) is 10.2 Å². The molecular formula is C19H21F2N3OS. The van der Waals surface area contributed by atoms with E-state index in [0.717, 1.165) is 25.3 Å². The lowest BCUT2D eigenvalue weighted by Crippen LogP contribution is -2.53. The number of halogens is 2. The normalized spacial score (nSPS) is 33.2. The quantitative estimate of drug-likeness (QED) is 0.798. The Morgan fingerprint density at radius 3 is 2.42 bits per heavy atom. The summed E-state index contributed by atoms with van der Waals surface area (Å²) in [4.78, 5) is 13.4. The van der Waals surface area contributed by atoms with Gasteiger partial charge in [0, 0.05) is 13.1 Å². The van der Waals surface area contributed by atoms with E-state index in [1.54, 1.807) is 11.6 Å². The Kier molecular flexibility index (Phi) is 3.55. The first kappa shape index (κ1) is 16.4. The first-order valence-corrected chi connectivity index (χ1v) is 10.0. The van der Waals surface area contributed by atoms with E-state index in [4.69, 9.17) is 0 Å². The Morgan fingerprint density at radius 1 is 1.19 bits per heavy atom. The summed E-state index contributed by atoms with van der Waals surface area (Å²) in [5.74, 6) is 0.827. The fourth-order valence-corrected chi connectivity index (χ4v) is 6.93. The SMILES string of the molecule is Cn1/c(=N/NC(=O)C23CC4CC(CC(C4)C2)C3)sc2cc(F)cc(F)c21. The van der Waals surface area contributed by atoms with Gasteiger partial charge in [-0.15, -0.1) is 5.10 Å². The van der Waals surface area contributed by atoms with Gasteiger partial charge in [-0.2, -0.15) is 0 Å². The van der Waals surface area contributed by atoms with Crippen LogP contribution in [-0.2, 0) is 11.8 Å². The second-order valence-corrected chi connectivity index (χ2v) is 9.44. The van der Waals surface area contributed by atoms with E-state index in [9.17, 15) is 13.6 Å². The zero-order valence-corrected chi connectivity index (χ0v) is 15.4. The first-order valence-electron chi connectivity index (χ1n) is 9.22. The molecule has 6 rings (SSSR count). The predicted octanol–water partition coefficient (Wildman–Crippen LogP) is 3.67. The van der Waals surface area contributed by atoms with Crippen molar-refractivity contribution >= 4 is 27.5 Å². The summed E-state index contributed by atoms with van der Waals surface area (Å²) < 4.78 is 29.5. The molecule has 4 fully saturated rings. The van der Waals surface area contributed by atoms with E-state index < -0.39 is 11.6 Å². The third kappa shape index (κ3) is 2.43. The van der Waals surface area contributed by atoms with Crippen molar-refractivity contribution in [3.8, 4) is 0 Å². The van der Waals surface area contributed by atoms with Gasteiger partial charge >= 0.3 is 0 Å². The molecule has 1 heterocycles. The molecule has 138 valence electrons. The minimum atomic E-state index is -0.618. The summed E-state index contributed by atoms with van der Waals surface area (Å²) in [6, 6.07) is 2.16. The third-order valence-corrected chi connectivity index (χ3v) is 7.67. The zero-order valence-electron chi connectivity index (χ0n) is 14.6. The lowest BCUT2D eigenvalue weighted by atomic mass is 9.49. The third-order valence-electron chi connectivity index (χ3n) is 6.59. The minimum absolute atomic E-state index is 0.000656. The largest absolute Gasteiger partial charge is 0.316 e. The van der Waals surface area contributed by atoms with Crippen molar-refractivity contribution in [3.05, 3.63) is 28.6 Å². The molecule has 4 bridgehead atoms. The number of nitrogens with zero attached hydrogens (tertiary/aromatic N) is 2. The molecule has 4 aliphatic carbocycles. The molecule has 1 aromatic carbocycles. The van der Waals surface area contributed by atoms with Gasteiger partial charge in [0.2, 0.25) is 10.7 Å². The highest BCUT2D eigenvalue weighted by Crippen LogP contribution is 2.60. The summed E-state index contributed by atoms with van der Waals surface area (Å²) in [5, 5.41) is 4.26. The average molecular weight is 377 g/mol. The van der Waals surface area contributed by atoms with E-state index >= 15 is 0 Å². The summed E-state index contributed by atoms with van der Waals surface area (Å²) in [5.41, 5.74) is 2.78. The van der Waals surface area contributed by atoms with Gasteiger partial charge in [-0.3, -0.25) is 4.79 Å². The molecule has 0 atom stereocenters. The fraction of sp³-hybridized carbons (Fsp3) is 0.579. The summed E-state index contributed by atoms with van der Waals surface area (Å²) in [6.45, 7) is 0. The maximum atomic E-state index is 14.0. The summed E-state index contributed by atoms with van der Waals surface area (Å²) in [6.07, 6.45) is 6.75. The summed E-state index contributed by atoms with van der Waals surface area (Å²) >= 11 is 1.17.